The van der Waals surface area contributed by atoms with E-state index in [1.807, 2.05) is 13.8 Å². The summed E-state index contributed by atoms with van der Waals surface area (Å²) in [6, 6.07) is 3.46. The molecule has 0 saturated carbocycles. The first-order valence-corrected chi connectivity index (χ1v) is 12.9. The predicted octanol–water partition coefficient (Wildman–Crippen LogP) is 2.40. The molecule has 1 saturated heterocycles. The Bertz CT molecular complexity index is 964. The lowest BCUT2D eigenvalue weighted by molar-refractivity contribution is -0.125. The average Bonchev–Trinajstić information content (AvgIpc) is 2.88. The Hall–Kier alpha value is -2.24. The van der Waals surface area contributed by atoms with Gasteiger partial charge in [-0.1, -0.05) is 26.0 Å². The van der Waals surface area contributed by atoms with E-state index in [0.717, 1.165) is 10.4 Å². The number of benzene rings is 1. The maximum atomic E-state index is 14.1. The molecule has 1 aromatic carbocycles. The quantitative estimate of drug-likeness (QED) is 0.527. The Kier molecular flexibility index (Phi) is 9.44. The van der Waals surface area contributed by atoms with Crippen LogP contribution in [0.2, 0.25) is 0 Å². The molecule has 34 heavy (non-hydrogen) atoms. The van der Waals surface area contributed by atoms with Gasteiger partial charge < -0.3 is 20.5 Å². The van der Waals surface area contributed by atoms with E-state index in [1.54, 1.807) is 20.8 Å². The Labute approximate surface area is 201 Å². The molecule has 11 heteroatoms. The predicted molar refractivity (Wildman–Crippen MR) is 125 cm³/mol. The fourth-order valence-electron chi connectivity index (χ4n) is 3.72. The molecule has 1 aromatic rings. The van der Waals surface area contributed by atoms with E-state index < -0.39 is 56.5 Å². The molecule has 1 fully saturated rings. The molecular formula is C23H36FN3O6S. The number of hydrogen-bond donors (Lipinski definition) is 3. The summed E-state index contributed by atoms with van der Waals surface area (Å²) in [7, 11) is -4.15. The van der Waals surface area contributed by atoms with E-state index in [0.29, 0.717) is 19.3 Å². The minimum Gasteiger partial charge on any atom is -0.444 e. The van der Waals surface area contributed by atoms with E-state index in [2.05, 4.69) is 10.6 Å². The summed E-state index contributed by atoms with van der Waals surface area (Å²) in [5, 5.41) is 16.1. The number of aliphatic hydroxyl groups is 1. The monoisotopic (exact) mass is 501 g/mol. The van der Waals surface area contributed by atoms with E-state index in [9.17, 15) is 27.5 Å². The van der Waals surface area contributed by atoms with E-state index in [1.165, 1.54) is 18.2 Å². The highest BCUT2D eigenvalue weighted by molar-refractivity contribution is 7.89. The molecule has 0 spiro atoms. The number of β-amino-alcohol motifs (C(OH)–C–C–N with tert-alkyl or cyclic N) is 1. The number of sulfonamides is 1. The summed E-state index contributed by atoms with van der Waals surface area (Å²) in [5.74, 6) is -1.27. The van der Waals surface area contributed by atoms with Crippen LogP contribution >= 0.6 is 0 Å². The summed E-state index contributed by atoms with van der Waals surface area (Å²) in [5.41, 5.74) is -0.729. The van der Waals surface area contributed by atoms with Crippen LogP contribution in [0.5, 0.6) is 0 Å². The molecule has 3 atom stereocenters. The average molecular weight is 502 g/mol. The van der Waals surface area contributed by atoms with Crippen molar-refractivity contribution in [2.24, 2.45) is 5.92 Å². The van der Waals surface area contributed by atoms with Gasteiger partial charge >= 0.3 is 6.09 Å². The number of nitrogens with one attached hydrogen (secondary N) is 2. The number of halogens is 1. The molecule has 0 aliphatic carbocycles. The number of nitrogens with zero attached hydrogens (tertiary/aromatic N) is 1. The van der Waals surface area contributed by atoms with Crippen molar-refractivity contribution < 1.29 is 32.2 Å². The second kappa shape index (κ2) is 11.5. The largest absolute Gasteiger partial charge is 0.444 e. The first-order valence-electron chi connectivity index (χ1n) is 11.4. The van der Waals surface area contributed by atoms with Gasteiger partial charge in [0, 0.05) is 13.1 Å². The number of carbonyl (C=O) groups is 2. The van der Waals surface area contributed by atoms with Gasteiger partial charge in [-0.2, -0.15) is 4.31 Å². The lowest BCUT2D eigenvalue weighted by atomic mass is 10.0. The lowest BCUT2D eigenvalue weighted by Gasteiger charge is -2.28. The third kappa shape index (κ3) is 7.92. The van der Waals surface area contributed by atoms with E-state index >= 15 is 0 Å². The van der Waals surface area contributed by atoms with Crippen LogP contribution in [0.1, 0.15) is 53.9 Å². The van der Waals surface area contributed by atoms with Crippen molar-refractivity contribution in [3.05, 3.63) is 30.1 Å². The SMILES string of the molecule is CC(C)C[C@H](NC(=O)OC(C)(C)C)C(=O)NC1CCCN(S(=O)(=O)c2ccccc2F)CC1O. The highest BCUT2D eigenvalue weighted by Crippen LogP contribution is 2.23. The van der Waals surface area contributed by atoms with Crippen LogP contribution in [0.4, 0.5) is 9.18 Å². The third-order valence-corrected chi connectivity index (χ3v) is 7.17. The Morgan fingerprint density at radius 1 is 1.26 bits per heavy atom. The minimum atomic E-state index is -4.15. The van der Waals surface area contributed by atoms with Gasteiger partial charge in [0.15, 0.2) is 0 Å². The van der Waals surface area contributed by atoms with Gasteiger partial charge in [0.05, 0.1) is 12.1 Å². The Morgan fingerprint density at radius 3 is 2.50 bits per heavy atom. The van der Waals surface area contributed by atoms with Crippen LogP contribution in [-0.4, -0.2) is 66.7 Å². The first kappa shape index (κ1) is 28.0. The molecule has 0 radical (unpaired) electrons. The van der Waals surface area contributed by atoms with E-state index in [-0.39, 0.29) is 19.0 Å². The number of carbonyl (C=O) groups excluding carboxylic acids is 2. The molecule has 192 valence electrons. The van der Waals surface area contributed by atoms with Crippen molar-refractivity contribution in [2.75, 3.05) is 13.1 Å². The highest BCUT2D eigenvalue weighted by Gasteiger charge is 2.35. The number of aliphatic hydroxyl groups excluding tert-OH is 1. The zero-order chi connectivity index (χ0) is 25.7. The zero-order valence-electron chi connectivity index (χ0n) is 20.4. The maximum absolute atomic E-state index is 14.1. The maximum Gasteiger partial charge on any atom is 0.408 e. The number of alkyl carbamates (subject to hydrolysis) is 1. The van der Waals surface area contributed by atoms with Crippen LogP contribution in [0.15, 0.2) is 29.2 Å². The minimum absolute atomic E-state index is 0.0751. The Balaban J connectivity index is 2.10. The molecule has 0 bridgehead atoms. The van der Waals surface area contributed by atoms with Gasteiger partial charge in [0.2, 0.25) is 15.9 Å². The van der Waals surface area contributed by atoms with Gasteiger partial charge in [-0.3, -0.25) is 4.79 Å². The van der Waals surface area contributed by atoms with Crippen LogP contribution in [0.25, 0.3) is 0 Å². The van der Waals surface area contributed by atoms with Crippen molar-refractivity contribution in [3.8, 4) is 0 Å². The molecule has 2 unspecified atom stereocenters. The molecular weight excluding hydrogens is 465 g/mol. The number of ether oxygens (including phenoxy) is 1. The molecule has 2 amide bonds. The third-order valence-electron chi connectivity index (χ3n) is 5.27. The summed E-state index contributed by atoms with van der Waals surface area (Å²) < 4.78 is 46.3. The van der Waals surface area contributed by atoms with Gasteiger partial charge in [0.1, 0.15) is 22.4 Å². The first-order chi connectivity index (χ1) is 15.7. The normalized spacial score (nSPS) is 20.9. The van der Waals surface area contributed by atoms with Gasteiger partial charge in [-0.05, 0) is 58.1 Å². The Morgan fingerprint density at radius 2 is 1.91 bits per heavy atom. The smallest absolute Gasteiger partial charge is 0.408 e. The summed E-state index contributed by atoms with van der Waals surface area (Å²) >= 11 is 0. The van der Waals surface area contributed by atoms with Crippen molar-refractivity contribution in [1.82, 2.24) is 14.9 Å². The van der Waals surface area contributed by atoms with Crippen molar-refractivity contribution in [3.63, 3.8) is 0 Å². The second-order valence-corrected chi connectivity index (χ2v) is 11.9. The molecule has 1 aliphatic heterocycles. The summed E-state index contributed by atoms with van der Waals surface area (Å²) in [6.07, 6.45) is -0.922. The number of amides is 2. The number of hydrogen-bond acceptors (Lipinski definition) is 6. The molecule has 0 aromatic heterocycles. The molecule has 1 aliphatic rings. The number of rotatable bonds is 7. The van der Waals surface area contributed by atoms with Crippen LogP contribution in [0.3, 0.4) is 0 Å². The summed E-state index contributed by atoms with van der Waals surface area (Å²) in [4.78, 5) is 24.7. The fraction of sp³-hybridized carbons (Fsp3) is 0.652. The van der Waals surface area contributed by atoms with Gasteiger partial charge in [-0.25, -0.2) is 17.6 Å². The second-order valence-electron chi connectivity index (χ2n) is 9.95. The van der Waals surface area contributed by atoms with Gasteiger partial charge in [-0.15, -0.1) is 0 Å². The molecule has 1 heterocycles. The van der Waals surface area contributed by atoms with Gasteiger partial charge in [0.25, 0.3) is 0 Å². The van der Waals surface area contributed by atoms with Crippen LogP contribution in [0, 0.1) is 11.7 Å². The molecule has 3 N–H and O–H groups in total. The topological polar surface area (TPSA) is 125 Å². The lowest BCUT2D eigenvalue weighted by Crippen LogP contribution is -2.54. The molecule has 2 rings (SSSR count). The van der Waals surface area contributed by atoms with Crippen LogP contribution < -0.4 is 10.6 Å². The standard InChI is InChI=1S/C23H36FN3O6S/c1-15(2)13-18(26-22(30)33-23(3,4)5)21(29)25-17-10-8-12-27(14-19(17)28)34(31,32)20-11-7-6-9-16(20)24/h6-7,9,11,15,17-19,28H,8,10,12-14H2,1-5H3,(H,25,29)(H,26,30)/t17?,18-,19?/m0/s1. The van der Waals surface area contributed by atoms with Crippen LogP contribution in [-0.2, 0) is 19.6 Å². The fourth-order valence-corrected chi connectivity index (χ4v) is 5.28. The van der Waals surface area contributed by atoms with E-state index in [4.69, 9.17) is 4.74 Å². The summed E-state index contributed by atoms with van der Waals surface area (Å²) in [6.45, 7) is 8.74. The highest BCUT2D eigenvalue weighted by atomic mass is 32.2. The van der Waals surface area contributed by atoms with Crippen molar-refractivity contribution >= 4 is 22.0 Å². The zero-order valence-corrected chi connectivity index (χ0v) is 21.2. The molecule has 9 nitrogen and oxygen atoms in total. The van der Waals surface area contributed by atoms with Crippen molar-refractivity contribution in [1.29, 1.82) is 0 Å². The van der Waals surface area contributed by atoms with Crippen molar-refractivity contribution in [2.45, 2.75) is 82.6 Å².